The van der Waals surface area contributed by atoms with Gasteiger partial charge in [-0.2, -0.15) is 0 Å². The van der Waals surface area contributed by atoms with E-state index in [0.717, 1.165) is 13.8 Å². The Kier molecular flexibility index (Phi) is 10.5. The number of ketones is 5. The Morgan fingerprint density at radius 3 is 1.67 bits per heavy atom. The van der Waals surface area contributed by atoms with Gasteiger partial charge in [0.15, 0.2) is 35.0 Å². The molecule has 1 spiro atoms. The summed E-state index contributed by atoms with van der Waals surface area (Å²) in [7, 11) is 0. The van der Waals surface area contributed by atoms with Gasteiger partial charge in [0, 0.05) is 98.8 Å². The van der Waals surface area contributed by atoms with E-state index in [1.54, 1.807) is 52.0 Å². The smallest absolute Gasteiger partial charge is 0.353 e. The third kappa shape index (κ3) is 6.27. The van der Waals surface area contributed by atoms with Crippen LogP contribution in [-0.4, -0.2) is 129 Å². The number of epoxide rings is 2. The molecule has 0 radical (unpaired) electrons. The monoisotopic (exact) mass is 1100 g/mol. The lowest BCUT2D eigenvalue weighted by molar-refractivity contribution is -0.271. The number of hydrogen-bond acceptors (Lipinski definition) is 19. The molecule has 5 saturated carbocycles. The maximum absolute atomic E-state index is 15.8. The van der Waals surface area contributed by atoms with Crippen LogP contribution in [0.5, 0.6) is 0 Å². The normalized spacial score (nSPS) is 41.1. The summed E-state index contributed by atoms with van der Waals surface area (Å²) in [5.74, 6) is -17.4. The molecule has 3 saturated heterocycles. The van der Waals surface area contributed by atoms with Crippen molar-refractivity contribution >= 4 is 58.8 Å². The minimum atomic E-state index is -2.34. The summed E-state index contributed by atoms with van der Waals surface area (Å²) in [4.78, 5) is 143. The Balaban J connectivity index is 0.908. The Morgan fingerprint density at radius 1 is 0.605 bits per heavy atom. The fourth-order valence-electron chi connectivity index (χ4n) is 17.7. The van der Waals surface area contributed by atoms with E-state index < -0.39 is 177 Å². The molecule has 4 aromatic rings. The van der Waals surface area contributed by atoms with Crippen molar-refractivity contribution in [2.24, 2.45) is 57.7 Å². The summed E-state index contributed by atoms with van der Waals surface area (Å²) in [5, 5.41) is 26.4. The molecule has 3 heterocycles. The second-order valence-corrected chi connectivity index (χ2v) is 24.6. The molecule has 0 unspecified atom stereocenters. The summed E-state index contributed by atoms with van der Waals surface area (Å²) in [5.41, 5.74) is -7.22. The third-order valence-corrected chi connectivity index (χ3v) is 21.3. The van der Waals surface area contributed by atoms with Gasteiger partial charge >= 0.3 is 29.8 Å². The van der Waals surface area contributed by atoms with Crippen LogP contribution in [0.15, 0.2) is 84.9 Å². The average molecular weight is 1100 g/mol. The van der Waals surface area contributed by atoms with Crippen LogP contribution in [0, 0.1) is 57.7 Å². The summed E-state index contributed by atoms with van der Waals surface area (Å²) in [6.07, 6.45) is -10.2. The molecule has 7 aliphatic carbocycles. The molecular formula is C62H54O19. The van der Waals surface area contributed by atoms with Gasteiger partial charge in [-0.3, -0.25) is 33.6 Å². The number of aliphatic hydroxyl groups is 2. The maximum Gasteiger partial charge on any atom is 0.353 e. The molecule has 416 valence electrons. The molecule has 19 nitrogen and oxygen atoms in total. The first-order valence-corrected chi connectivity index (χ1v) is 27.3. The number of hydrogen-bond donors (Lipinski definition) is 2. The molecule has 0 aromatic heterocycles. The first kappa shape index (κ1) is 51.6. The maximum atomic E-state index is 15.8. The summed E-state index contributed by atoms with van der Waals surface area (Å²) >= 11 is 0. The number of carbonyl (C=O) groups is 10. The largest absolute Gasteiger partial charge is 0.458 e. The van der Waals surface area contributed by atoms with Gasteiger partial charge in [0.1, 0.15) is 24.4 Å². The molecule has 19 heteroatoms. The average Bonchev–Trinajstić information content (AvgIpc) is 1.54. The molecule has 3 aliphatic heterocycles. The van der Waals surface area contributed by atoms with E-state index in [1.165, 1.54) is 67.6 Å². The van der Waals surface area contributed by atoms with Gasteiger partial charge in [-0.25, -0.2) is 14.4 Å². The number of aliphatic hydroxyl groups excluding tert-OH is 2. The predicted molar refractivity (Wildman–Crippen MR) is 272 cm³/mol. The highest BCUT2D eigenvalue weighted by Crippen LogP contribution is 2.81. The van der Waals surface area contributed by atoms with Gasteiger partial charge in [0.2, 0.25) is 5.60 Å². The molecule has 14 rings (SSSR count). The predicted octanol–water partition coefficient (Wildman–Crippen LogP) is 4.76. The van der Waals surface area contributed by atoms with Crippen LogP contribution in [-0.2, 0) is 52.3 Å². The fraction of sp³-hybridized carbons (Fsp3) is 0.452. The van der Waals surface area contributed by atoms with Crippen LogP contribution < -0.4 is 0 Å². The number of ether oxygens (including phenoxy) is 7. The van der Waals surface area contributed by atoms with E-state index in [4.69, 9.17) is 33.2 Å². The quantitative estimate of drug-likeness (QED) is 0.129. The topological polar surface area (TPSA) is 282 Å². The Labute approximate surface area is 461 Å². The van der Waals surface area contributed by atoms with Crippen LogP contribution in [0.4, 0.5) is 0 Å². The second-order valence-electron chi connectivity index (χ2n) is 24.6. The molecule has 2 N–H and O–H groups in total. The van der Waals surface area contributed by atoms with Crippen molar-refractivity contribution in [1.82, 2.24) is 0 Å². The number of esters is 5. The number of rotatable bonds is 6. The van der Waals surface area contributed by atoms with Crippen LogP contribution in [0.1, 0.15) is 139 Å². The zero-order chi connectivity index (χ0) is 57.3. The van der Waals surface area contributed by atoms with E-state index >= 15 is 4.79 Å². The minimum Gasteiger partial charge on any atom is -0.458 e. The van der Waals surface area contributed by atoms with Crippen LogP contribution in [0.3, 0.4) is 0 Å². The van der Waals surface area contributed by atoms with Crippen molar-refractivity contribution < 1.29 is 91.3 Å². The van der Waals surface area contributed by atoms with Gasteiger partial charge in [0.05, 0.1) is 34.9 Å². The lowest BCUT2D eigenvalue weighted by atomic mass is 9.41. The van der Waals surface area contributed by atoms with Gasteiger partial charge in [0.25, 0.3) is 5.79 Å². The zero-order valence-electron chi connectivity index (χ0n) is 44.8. The first-order valence-electron chi connectivity index (χ1n) is 27.3. The van der Waals surface area contributed by atoms with Crippen LogP contribution >= 0.6 is 0 Å². The zero-order valence-corrected chi connectivity index (χ0v) is 44.8. The Morgan fingerprint density at radius 2 is 1.12 bits per heavy atom. The Bertz CT molecular complexity index is 3680. The van der Waals surface area contributed by atoms with E-state index in [0.29, 0.717) is 0 Å². The minimum absolute atomic E-state index is 0.0466. The second kappa shape index (κ2) is 16.5. The number of carbonyl (C=O) groups excluding carboxylic acids is 10. The van der Waals surface area contributed by atoms with Gasteiger partial charge < -0.3 is 43.4 Å². The van der Waals surface area contributed by atoms with Crippen molar-refractivity contribution in [2.45, 2.75) is 115 Å². The lowest BCUT2D eigenvalue weighted by Crippen LogP contribution is -2.74. The summed E-state index contributed by atoms with van der Waals surface area (Å²) in [6.45, 7) is 10.4. The van der Waals surface area contributed by atoms with Crippen molar-refractivity contribution in [3.8, 4) is 0 Å². The molecule has 0 bridgehead atoms. The molecule has 0 amide bonds. The molecule has 4 aromatic carbocycles. The van der Waals surface area contributed by atoms with E-state index in [2.05, 4.69) is 0 Å². The third-order valence-electron chi connectivity index (χ3n) is 21.3. The van der Waals surface area contributed by atoms with E-state index in [9.17, 15) is 53.4 Å². The molecule has 81 heavy (non-hydrogen) atoms. The lowest BCUT2D eigenvalue weighted by Gasteiger charge is -2.65. The fourth-order valence-corrected chi connectivity index (χ4v) is 17.7. The SMILES string of the molecule is CC(=O)O[C@H]1[C@H]2[C@H]([C@@H]3[C@@H](O)[C@@H]4[C@H]([C@H](C)[C@H]5O[C@]56OC(=O)[C@@](C)(OC(=O)c5ccc7c(c5)C(=O)c5ccccc5C7=O)[C@]46C)[C@@]3(C)[C@H]1OC(C)=O)[C@@H](OC(=O)c1ccc3c(c1)C(=O)c1ccccc1C3=O)C(=O)[C@H]1C[C@@H]3O[C@@H]3[C@H](O)[C@]21C. The summed E-state index contributed by atoms with van der Waals surface area (Å²) < 4.78 is 44.4. The van der Waals surface area contributed by atoms with Crippen molar-refractivity contribution in [1.29, 1.82) is 0 Å². The van der Waals surface area contributed by atoms with Gasteiger partial charge in [-0.1, -0.05) is 69.3 Å². The molecule has 10 aliphatic rings. The van der Waals surface area contributed by atoms with Gasteiger partial charge in [-0.05, 0) is 68.5 Å². The van der Waals surface area contributed by atoms with Gasteiger partial charge in [-0.15, -0.1) is 0 Å². The standard InChI is InChI=1S/C62H54O19/c1-23-39-42(60(6)61(7,57(74)81-62(60)53(23)79-62)80-56(73)27-17-19-33-35(21-27)46(68)31-15-11-9-13-29(31)44(33)66)48(70)40-38-41(51(75-24(2)63)54(59(39,40)5)76-25(3)64)58(4)36(22-37-49(77-37)52(58)71)47(69)50(38)78-55(72)26-16-18-32-34(20-26)45(67)30-14-10-8-12-28(30)43(32)65/h8-21,23,36-42,48-54,70-71H,22H2,1-7H3/t23-,36+,37-,38-,39-,40+,41+,42-,48+,49-,50+,51-,52-,53+,54-,58-,59+,60-,61+,62-/m0/s1. The van der Waals surface area contributed by atoms with Crippen LogP contribution in [0.2, 0.25) is 0 Å². The first-order chi connectivity index (χ1) is 38.4. The number of benzene rings is 4. The van der Waals surface area contributed by atoms with Crippen molar-refractivity contribution in [3.63, 3.8) is 0 Å². The molecule has 8 fully saturated rings. The number of Topliss-reactive ketones (excluding diaryl/α,β-unsaturated/α-hetero) is 1. The number of fused-ring (bicyclic) bond motifs is 13. The molecular weight excluding hydrogens is 1050 g/mol. The highest BCUT2D eigenvalue weighted by molar-refractivity contribution is 6.29. The van der Waals surface area contributed by atoms with E-state index in [-0.39, 0.29) is 62.1 Å². The highest BCUT2D eigenvalue weighted by Gasteiger charge is 2.94. The summed E-state index contributed by atoms with van der Waals surface area (Å²) in [6, 6.07) is 20.3. The van der Waals surface area contributed by atoms with Crippen molar-refractivity contribution in [3.05, 3.63) is 141 Å². The highest BCUT2D eigenvalue weighted by atomic mass is 16.8. The van der Waals surface area contributed by atoms with E-state index in [1.807, 2.05) is 0 Å². The van der Waals surface area contributed by atoms with Crippen molar-refractivity contribution in [2.75, 3.05) is 0 Å². The van der Waals surface area contributed by atoms with Crippen LogP contribution in [0.25, 0.3) is 0 Å². The Hall–Kier alpha value is -7.58. The molecule has 20 atom stereocenters.